The van der Waals surface area contributed by atoms with Crippen LogP contribution in [0.1, 0.15) is 12.8 Å². The molecule has 0 saturated carbocycles. The monoisotopic (exact) mass is 273 g/mol. The van der Waals surface area contributed by atoms with Crippen molar-refractivity contribution in [2.75, 3.05) is 31.2 Å². The summed E-state index contributed by atoms with van der Waals surface area (Å²) >= 11 is 0. The van der Waals surface area contributed by atoms with E-state index in [1.807, 2.05) is 0 Å². The first-order chi connectivity index (χ1) is 9.61. The molecular weight excluding hydrogens is 254 g/mol. The van der Waals surface area contributed by atoms with Crippen molar-refractivity contribution in [2.24, 2.45) is 0 Å². The second-order valence-corrected chi connectivity index (χ2v) is 5.44. The van der Waals surface area contributed by atoms with Crippen molar-refractivity contribution >= 4 is 22.5 Å². The van der Waals surface area contributed by atoms with Crippen LogP contribution in [0, 0.1) is 0 Å². The number of likely N-dealkylation sites (N-methyl/N-ethyl adjacent to an activating group) is 1. The minimum Gasteiger partial charge on any atom is -0.399 e. The Hall–Kier alpha value is -2.08. The standard InChI is InChI=1S/C14H19N5O/c1-19-6-2-3-10(8-19)16-14-17-12-5-4-9(15)7-11(12)13(20)18-14/h4-5,7,10H,2-3,6,8,15H2,1H3,(H2,16,17,18,20). The number of hydrogen-bond donors (Lipinski definition) is 3. The zero-order valence-corrected chi connectivity index (χ0v) is 11.5. The van der Waals surface area contributed by atoms with Gasteiger partial charge in [0.05, 0.1) is 10.9 Å². The number of anilines is 2. The third kappa shape index (κ3) is 2.60. The number of nitrogens with two attached hydrogens (primary N) is 1. The number of likely N-dealkylation sites (tertiary alicyclic amines) is 1. The fourth-order valence-corrected chi connectivity index (χ4v) is 2.70. The van der Waals surface area contributed by atoms with E-state index >= 15 is 0 Å². The molecule has 0 spiro atoms. The van der Waals surface area contributed by atoms with Gasteiger partial charge in [-0.1, -0.05) is 0 Å². The summed E-state index contributed by atoms with van der Waals surface area (Å²) in [5.74, 6) is 0.535. The molecule has 106 valence electrons. The fraction of sp³-hybridized carbons (Fsp3) is 0.429. The quantitative estimate of drug-likeness (QED) is 0.711. The summed E-state index contributed by atoms with van der Waals surface area (Å²) in [6, 6.07) is 5.51. The van der Waals surface area contributed by atoms with Gasteiger partial charge < -0.3 is 16.0 Å². The third-order valence-electron chi connectivity index (χ3n) is 3.69. The second kappa shape index (κ2) is 5.13. The molecule has 1 atom stereocenters. The van der Waals surface area contributed by atoms with Gasteiger partial charge in [-0.05, 0) is 44.6 Å². The summed E-state index contributed by atoms with van der Waals surface area (Å²) in [5.41, 5.74) is 6.77. The Bertz CT molecular complexity index is 681. The van der Waals surface area contributed by atoms with Gasteiger partial charge in [0.25, 0.3) is 5.56 Å². The van der Waals surface area contributed by atoms with Gasteiger partial charge in [0.15, 0.2) is 0 Å². The number of H-pyrrole nitrogens is 1. The Morgan fingerprint density at radius 3 is 3.15 bits per heavy atom. The van der Waals surface area contributed by atoms with Crippen LogP contribution in [-0.4, -0.2) is 41.0 Å². The highest BCUT2D eigenvalue weighted by Gasteiger charge is 2.17. The topological polar surface area (TPSA) is 87.0 Å². The van der Waals surface area contributed by atoms with Crippen LogP contribution in [0.3, 0.4) is 0 Å². The predicted octanol–water partition coefficient (Wildman–Crippen LogP) is 1.01. The first-order valence-electron chi connectivity index (χ1n) is 6.86. The Morgan fingerprint density at radius 1 is 1.50 bits per heavy atom. The predicted molar refractivity (Wildman–Crippen MR) is 80.9 cm³/mol. The summed E-state index contributed by atoms with van der Waals surface area (Å²) in [5, 5.41) is 3.84. The van der Waals surface area contributed by atoms with Crippen LogP contribution in [0.25, 0.3) is 10.9 Å². The molecule has 1 saturated heterocycles. The smallest absolute Gasteiger partial charge is 0.260 e. The first-order valence-corrected chi connectivity index (χ1v) is 6.86. The molecule has 1 unspecified atom stereocenters. The lowest BCUT2D eigenvalue weighted by atomic mass is 10.1. The summed E-state index contributed by atoms with van der Waals surface area (Å²) in [6.45, 7) is 2.09. The maximum atomic E-state index is 12.1. The van der Waals surface area contributed by atoms with E-state index in [4.69, 9.17) is 5.73 Å². The molecule has 0 aliphatic carbocycles. The van der Waals surface area contributed by atoms with Crippen LogP contribution < -0.4 is 16.6 Å². The van der Waals surface area contributed by atoms with Gasteiger partial charge in [0.1, 0.15) is 0 Å². The van der Waals surface area contributed by atoms with Gasteiger partial charge >= 0.3 is 0 Å². The fourth-order valence-electron chi connectivity index (χ4n) is 2.70. The maximum Gasteiger partial charge on any atom is 0.260 e. The molecule has 1 aliphatic heterocycles. The number of aromatic nitrogens is 2. The van der Waals surface area contributed by atoms with E-state index in [0.29, 0.717) is 28.6 Å². The number of nitrogen functional groups attached to an aromatic ring is 1. The number of nitrogens with zero attached hydrogens (tertiary/aromatic N) is 2. The highest BCUT2D eigenvalue weighted by molar-refractivity contribution is 5.81. The van der Waals surface area contributed by atoms with Gasteiger partial charge in [-0.3, -0.25) is 9.78 Å². The molecule has 2 aromatic rings. The molecule has 0 radical (unpaired) electrons. The van der Waals surface area contributed by atoms with Gasteiger partial charge in [0.2, 0.25) is 5.95 Å². The first kappa shape index (κ1) is 12.9. The van der Waals surface area contributed by atoms with Gasteiger partial charge in [0, 0.05) is 18.3 Å². The molecule has 1 aliphatic rings. The molecule has 3 rings (SSSR count). The number of nitrogens with one attached hydrogen (secondary N) is 2. The minimum absolute atomic E-state index is 0.158. The Balaban J connectivity index is 1.89. The maximum absolute atomic E-state index is 12.1. The second-order valence-electron chi connectivity index (χ2n) is 5.44. The summed E-state index contributed by atoms with van der Waals surface area (Å²) < 4.78 is 0. The lowest BCUT2D eigenvalue weighted by Crippen LogP contribution is -2.40. The number of aromatic amines is 1. The van der Waals surface area contributed by atoms with Crippen molar-refractivity contribution in [1.29, 1.82) is 0 Å². The number of rotatable bonds is 2. The van der Waals surface area contributed by atoms with E-state index in [2.05, 4.69) is 27.2 Å². The summed E-state index contributed by atoms with van der Waals surface area (Å²) in [6.07, 6.45) is 2.25. The molecule has 1 aromatic heterocycles. The zero-order chi connectivity index (χ0) is 14.1. The Labute approximate surface area is 117 Å². The van der Waals surface area contributed by atoms with Crippen molar-refractivity contribution in [3.8, 4) is 0 Å². The average Bonchev–Trinajstić information content (AvgIpc) is 2.40. The molecule has 0 amide bonds. The molecule has 6 heteroatoms. The van der Waals surface area contributed by atoms with Crippen LogP contribution in [0.4, 0.5) is 11.6 Å². The molecule has 20 heavy (non-hydrogen) atoms. The van der Waals surface area contributed by atoms with E-state index in [1.54, 1.807) is 18.2 Å². The van der Waals surface area contributed by atoms with Crippen molar-refractivity contribution in [1.82, 2.24) is 14.9 Å². The molecule has 2 heterocycles. The summed E-state index contributed by atoms with van der Waals surface area (Å²) in [7, 11) is 2.10. The minimum atomic E-state index is -0.158. The summed E-state index contributed by atoms with van der Waals surface area (Å²) in [4.78, 5) is 21.6. The Morgan fingerprint density at radius 2 is 2.35 bits per heavy atom. The zero-order valence-electron chi connectivity index (χ0n) is 11.5. The third-order valence-corrected chi connectivity index (χ3v) is 3.69. The van der Waals surface area contributed by atoms with Gasteiger partial charge in [-0.15, -0.1) is 0 Å². The SMILES string of the molecule is CN1CCCC(Nc2nc3ccc(N)cc3c(=O)[nH]2)C1. The van der Waals surface area contributed by atoms with Gasteiger partial charge in [-0.25, -0.2) is 4.98 Å². The normalized spacial score (nSPS) is 20.1. The highest BCUT2D eigenvalue weighted by atomic mass is 16.1. The van der Waals surface area contributed by atoms with Crippen LogP contribution in [0.15, 0.2) is 23.0 Å². The van der Waals surface area contributed by atoms with Crippen LogP contribution >= 0.6 is 0 Å². The van der Waals surface area contributed by atoms with E-state index in [1.165, 1.54) is 0 Å². The van der Waals surface area contributed by atoms with Crippen LogP contribution in [0.2, 0.25) is 0 Å². The molecule has 0 bridgehead atoms. The molecular formula is C14H19N5O. The number of hydrogen-bond acceptors (Lipinski definition) is 5. The average molecular weight is 273 g/mol. The van der Waals surface area contributed by atoms with E-state index in [-0.39, 0.29) is 5.56 Å². The van der Waals surface area contributed by atoms with E-state index in [9.17, 15) is 4.79 Å². The molecule has 6 nitrogen and oxygen atoms in total. The number of piperidine rings is 1. The number of fused-ring (bicyclic) bond motifs is 1. The highest BCUT2D eigenvalue weighted by Crippen LogP contribution is 2.15. The van der Waals surface area contributed by atoms with Crippen molar-refractivity contribution in [3.63, 3.8) is 0 Å². The largest absolute Gasteiger partial charge is 0.399 e. The Kier molecular flexibility index (Phi) is 3.31. The van der Waals surface area contributed by atoms with Crippen molar-refractivity contribution in [2.45, 2.75) is 18.9 Å². The van der Waals surface area contributed by atoms with E-state index < -0.39 is 0 Å². The molecule has 4 N–H and O–H groups in total. The van der Waals surface area contributed by atoms with Crippen LogP contribution in [-0.2, 0) is 0 Å². The molecule has 1 fully saturated rings. The van der Waals surface area contributed by atoms with Crippen LogP contribution in [0.5, 0.6) is 0 Å². The van der Waals surface area contributed by atoms with Crippen molar-refractivity contribution in [3.05, 3.63) is 28.6 Å². The molecule has 1 aromatic carbocycles. The lowest BCUT2D eigenvalue weighted by Gasteiger charge is -2.30. The van der Waals surface area contributed by atoms with Gasteiger partial charge in [-0.2, -0.15) is 0 Å². The van der Waals surface area contributed by atoms with Crippen molar-refractivity contribution < 1.29 is 0 Å². The van der Waals surface area contributed by atoms with E-state index in [0.717, 1.165) is 25.9 Å². The number of benzene rings is 1. The lowest BCUT2D eigenvalue weighted by molar-refractivity contribution is 0.260.